The number of nitrogens with one attached hydrogen (secondary N) is 1. The summed E-state index contributed by atoms with van der Waals surface area (Å²) in [7, 11) is 3.08. The molecule has 0 fully saturated rings. The molecule has 38 heavy (non-hydrogen) atoms. The van der Waals surface area contributed by atoms with E-state index in [4.69, 9.17) is 9.47 Å². The van der Waals surface area contributed by atoms with Crippen LogP contribution in [0, 0.1) is 13.8 Å². The maximum absolute atomic E-state index is 13.0. The van der Waals surface area contributed by atoms with E-state index in [1.54, 1.807) is 31.4 Å². The first-order chi connectivity index (χ1) is 18.3. The van der Waals surface area contributed by atoms with Gasteiger partial charge in [0, 0.05) is 21.7 Å². The molecule has 0 aliphatic heterocycles. The fourth-order valence-corrected chi connectivity index (χ4v) is 5.06. The Morgan fingerprint density at radius 1 is 0.921 bits per heavy atom. The van der Waals surface area contributed by atoms with Crippen molar-refractivity contribution in [1.82, 2.24) is 9.88 Å². The normalized spacial score (nSPS) is 12.2. The van der Waals surface area contributed by atoms with Crippen molar-refractivity contribution in [2.24, 2.45) is 4.99 Å². The first kappa shape index (κ1) is 26.9. The molecule has 1 aromatic heterocycles. The van der Waals surface area contributed by atoms with E-state index < -0.39 is 0 Å². The van der Waals surface area contributed by atoms with E-state index in [9.17, 15) is 9.59 Å². The van der Waals surface area contributed by atoms with Crippen molar-refractivity contribution < 1.29 is 19.1 Å². The number of hydrogen-bond acceptors (Lipinski definition) is 5. The van der Waals surface area contributed by atoms with Crippen molar-refractivity contribution in [3.8, 4) is 11.5 Å². The number of carbonyl (C=O) groups excluding carboxylic acids is 2. The Balaban J connectivity index is 1.58. The lowest BCUT2D eigenvalue weighted by Gasteiger charge is -2.15. The topological polar surface area (TPSA) is 81.9 Å². The average molecular weight is 530 g/mol. The molecule has 1 heterocycles. The predicted octanol–water partition coefficient (Wildman–Crippen LogP) is 5.46. The number of aromatic nitrogens is 1. The van der Waals surface area contributed by atoms with Crippen LogP contribution in [0.4, 0.5) is 0 Å². The minimum absolute atomic E-state index is 0.114. The monoisotopic (exact) mass is 529 g/mol. The van der Waals surface area contributed by atoms with E-state index in [1.165, 1.54) is 18.4 Å². The van der Waals surface area contributed by atoms with E-state index in [1.807, 2.05) is 73.9 Å². The summed E-state index contributed by atoms with van der Waals surface area (Å²) in [5, 5.41) is 3.07. The number of rotatable bonds is 8. The van der Waals surface area contributed by atoms with Crippen molar-refractivity contribution in [1.29, 1.82) is 0 Å². The molecule has 1 unspecified atom stereocenters. The third-order valence-corrected chi connectivity index (χ3v) is 7.49. The number of aryl methyl sites for hydroxylation is 1. The van der Waals surface area contributed by atoms with Gasteiger partial charge in [0.1, 0.15) is 0 Å². The zero-order valence-electron chi connectivity index (χ0n) is 22.1. The molecule has 2 amide bonds. The number of thiazole rings is 1. The summed E-state index contributed by atoms with van der Waals surface area (Å²) in [6.07, 6.45) is 0. The van der Waals surface area contributed by atoms with Crippen molar-refractivity contribution in [2.75, 3.05) is 14.2 Å². The van der Waals surface area contributed by atoms with Crippen LogP contribution in [0.3, 0.4) is 0 Å². The van der Waals surface area contributed by atoms with Crippen LogP contribution in [0.1, 0.15) is 55.4 Å². The van der Waals surface area contributed by atoms with Crippen LogP contribution in [-0.2, 0) is 6.54 Å². The highest BCUT2D eigenvalue weighted by molar-refractivity contribution is 7.09. The highest BCUT2D eigenvalue weighted by atomic mass is 32.1. The standard InChI is InChI=1S/C30H31N3O4S/c1-19(23-11-7-6-8-12-23)31-28(34)24-13-9-10-22(16-24)18-33-20(2)21(3)38-30(33)32-29(35)25-14-15-26(36-4)27(17-25)37-5/h6-17,19H,18H2,1-5H3,(H,31,34). The fraction of sp³-hybridized carbons (Fsp3) is 0.233. The molecule has 3 aromatic carbocycles. The van der Waals surface area contributed by atoms with Gasteiger partial charge in [0.2, 0.25) is 0 Å². The molecular weight excluding hydrogens is 498 g/mol. The maximum atomic E-state index is 13.0. The fourth-order valence-electron chi connectivity index (χ4n) is 4.09. The van der Waals surface area contributed by atoms with Gasteiger partial charge in [-0.15, -0.1) is 11.3 Å². The van der Waals surface area contributed by atoms with Crippen LogP contribution in [0.2, 0.25) is 0 Å². The van der Waals surface area contributed by atoms with Crippen molar-refractivity contribution in [3.05, 3.63) is 110 Å². The third-order valence-electron chi connectivity index (χ3n) is 6.39. The van der Waals surface area contributed by atoms with Crippen molar-refractivity contribution in [3.63, 3.8) is 0 Å². The Morgan fingerprint density at radius 3 is 2.37 bits per heavy atom. The quantitative estimate of drug-likeness (QED) is 0.328. The van der Waals surface area contributed by atoms with Gasteiger partial charge in [0.15, 0.2) is 16.3 Å². The zero-order chi connectivity index (χ0) is 27.2. The predicted molar refractivity (Wildman–Crippen MR) is 149 cm³/mol. The second kappa shape index (κ2) is 11.9. The minimum atomic E-state index is -0.371. The smallest absolute Gasteiger partial charge is 0.279 e. The number of benzene rings is 3. The van der Waals surface area contributed by atoms with Gasteiger partial charge in [-0.2, -0.15) is 4.99 Å². The number of ether oxygens (including phenoxy) is 2. The molecule has 7 nitrogen and oxygen atoms in total. The number of carbonyl (C=O) groups is 2. The Kier molecular flexibility index (Phi) is 8.43. The summed E-state index contributed by atoms with van der Waals surface area (Å²) in [6, 6.07) is 22.3. The maximum Gasteiger partial charge on any atom is 0.279 e. The third kappa shape index (κ3) is 6.03. The van der Waals surface area contributed by atoms with Crippen molar-refractivity contribution >= 4 is 23.2 Å². The summed E-state index contributed by atoms with van der Waals surface area (Å²) in [6.45, 7) is 6.45. The summed E-state index contributed by atoms with van der Waals surface area (Å²) < 4.78 is 12.6. The largest absolute Gasteiger partial charge is 0.493 e. The lowest BCUT2D eigenvalue weighted by Crippen LogP contribution is -2.26. The molecule has 0 saturated heterocycles. The van der Waals surface area contributed by atoms with Crippen LogP contribution in [0.15, 0.2) is 77.8 Å². The van der Waals surface area contributed by atoms with Gasteiger partial charge < -0.3 is 19.4 Å². The van der Waals surface area contributed by atoms with E-state index >= 15 is 0 Å². The SMILES string of the molecule is COc1ccc(C(=O)N=c2sc(C)c(C)n2Cc2cccc(C(=O)NC(C)c3ccccc3)c2)cc1OC. The van der Waals surface area contributed by atoms with E-state index in [2.05, 4.69) is 10.3 Å². The van der Waals surface area contributed by atoms with Crippen LogP contribution in [0.25, 0.3) is 0 Å². The van der Waals surface area contributed by atoms with Gasteiger partial charge in [-0.1, -0.05) is 42.5 Å². The molecular formula is C30H31N3O4S. The molecule has 1 N–H and O–H groups in total. The van der Waals surface area contributed by atoms with Crippen LogP contribution in [-0.4, -0.2) is 30.6 Å². The van der Waals surface area contributed by atoms with E-state index in [-0.39, 0.29) is 17.9 Å². The van der Waals surface area contributed by atoms with Gasteiger partial charge in [0.25, 0.3) is 11.8 Å². The van der Waals surface area contributed by atoms with Gasteiger partial charge in [0.05, 0.1) is 26.8 Å². The molecule has 0 aliphatic carbocycles. The van der Waals surface area contributed by atoms with Gasteiger partial charge in [-0.3, -0.25) is 9.59 Å². The number of methoxy groups -OCH3 is 2. The molecule has 0 spiro atoms. The number of hydrogen-bond donors (Lipinski definition) is 1. The first-order valence-electron chi connectivity index (χ1n) is 12.2. The Morgan fingerprint density at radius 2 is 1.66 bits per heavy atom. The average Bonchev–Trinajstić information content (AvgIpc) is 3.20. The van der Waals surface area contributed by atoms with Gasteiger partial charge in [-0.25, -0.2) is 0 Å². The van der Waals surface area contributed by atoms with E-state index in [0.717, 1.165) is 21.7 Å². The molecule has 4 aromatic rings. The highest BCUT2D eigenvalue weighted by Crippen LogP contribution is 2.27. The molecule has 0 aliphatic rings. The zero-order valence-corrected chi connectivity index (χ0v) is 23.0. The summed E-state index contributed by atoms with van der Waals surface area (Å²) in [5.74, 6) is 0.504. The highest BCUT2D eigenvalue weighted by Gasteiger charge is 2.15. The summed E-state index contributed by atoms with van der Waals surface area (Å²) in [4.78, 5) is 32.1. The van der Waals surface area contributed by atoms with Crippen LogP contribution >= 0.6 is 11.3 Å². The Bertz CT molecular complexity index is 1520. The summed E-state index contributed by atoms with van der Waals surface area (Å²) >= 11 is 1.46. The minimum Gasteiger partial charge on any atom is -0.493 e. The first-order valence-corrected chi connectivity index (χ1v) is 13.0. The van der Waals surface area contributed by atoms with Crippen molar-refractivity contribution in [2.45, 2.75) is 33.4 Å². The van der Waals surface area contributed by atoms with E-state index in [0.29, 0.717) is 34.0 Å². The lowest BCUT2D eigenvalue weighted by molar-refractivity contribution is 0.0938. The second-order valence-electron chi connectivity index (χ2n) is 8.91. The summed E-state index contributed by atoms with van der Waals surface area (Å²) in [5.41, 5.74) is 3.98. The molecule has 0 radical (unpaired) electrons. The molecule has 0 saturated carbocycles. The molecule has 8 heteroatoms. The molecule has 0 bridgehead atoms. The molecule has 4 rings (SSSR count). The molecule has 196 valence electrons. The van der Waals surface area contributed by atoms with Gasteiger partial charge in [-0.05, 0) is 62.2 Å². The molecule has 1 atom stereocenters. The van der Waals surface area contributed by atoms with Crippen LogP contribution in [0.5, 0.6) is 11.5 Å². The number of nitrogens with zero attached hydrogens (tertiary/aromatic N) is 2. The Hall–Kier alpha value is -4.17. The van der Waals surface area contributed by atoms with Crippen LogP contribution < -0.4 is 19.6 Å². The number of amides is 2. The lowest BCUT2D eigenvalue weighted by atomic mass is 10.1. The van der Waals surface area contributed by atoms with Gasteiger partial charge >= 0.3 is 0 Å². The Labute approximate surface area is 226 Å². The second-order valence-corrected chi connectivity index (χ2v) is 10.1.